The standard InChI is InChI=1S/C12H18N2O3/c1-9-2-3-10(17-9)4-5-14-12(15)11-8-13-6-7-16-11/h2-3,11,13H,4-8H2,1H3,(H,14,15). The fourth-order valence-electron chi connectivity index (χ4n) is 1.78. The Morgan fingerprint density at radius 2 is 2.47 bits per heavy atom. The lowest BCUT2D eigenvalue weighted by atomic mass is 10.2. The van der Waals surface area contributed by atoms with Crippen molar-refractivity contribution in [3.63, 3.8) is 0 Å². The van der Waals surface area contributed by atoms with E-state index in [9.17, 15) is 4.79 Å². The Bertz CT molecular complexity index is 370. The van der Waals surface area contributed by atoms with E-state index in [1.54, 1.807) is 0 Å². The van der Waals surface area contributed by atoms with E-state index >= 15 is 0 Å². The number of rotatable bonds is 4. The van der Waals surface area contributed by atoms with Gasteiger partial charge in [0, 0.05) is 26.1 Å². The molecular weight excluding hydrogens is 220 g/mol. The maximum absolute atomic E-state index is 11.7. The fraction of sp³-hybridized carbons (Fsp3) is 0.583. The summed E-state index contributed by atoms with van der Waals surface area (Å²) in [6.45, 7) is 4.48. The Balaban J connectivity index is 1.69. The summed E-state index contributed by atoms with van der Waals surface area (Å²) in [5.41, 5.74) is 0. The highest BCUT2D eigenvalue weighted by molar-refractivity contribution is 5.81. The molecule has 1 fully saturated rings. The van der Waals surface area contributed by atoms with Gasteiger partial charge in [-0.05, 0) is 19.1 Å². The van der Waals surface area contributed by atoms with Gasteiger partial charge in [0.2, 0.25) is 5.91 Å². The third kappa shape index (κ3) is 3.57. The normalized spacial score (nSPS) is 20.2. The van der Waals surface area contributed by atoms with Crippen LogP contribution in [-0.2, 0) is 16.0 Å². The maximum Gasteiger partial charge on any atom is 0.250 e. The van der Waals surface area contributed by atoms with E-state index in [0.29, 0.717) is 26.1 Å². The Morgan fingerprint density at radius 3 is 3.12 bits per heavy atom. The molecule has 0 bridgehead atoms. The van der Waals surface area contributed by atoms with Crippen molar-refractivity contribution in [1.29, 1.82) is 0 Å². The molecule has 0 saturated carbocycles. The van der Waals surface area contributed by atoms with Crippen LogP contribution in [0.3, 0.4) is 0 Å². The minimum Gasteiger partial charge on any atom is -0.466 e. The first-order valence-electron chi connectivity index (χ1n) is 5.91. The molecule has 17 heavy (non-hydrogen) atoms. The van der Waals surface area contributed by atoms with Gasteiger partial charge in [0.1, 0.15) is 17.6 Å². The molecule has 1 saturated heterocycles. The summed E-state index contributed by atoms with van der Waals surface area (Å²) >= 11 is 0. The van der Waals surface area contributed by atoms with Gasteiger partial charge < -0.3 is 19.8 Å². The third-order valence-electron chi connectivity index (χ3n) is 2.69. The Labute approximate surface area is 101 Å². The SMILES string of the molecule is Cc1ccc(CCNC(=O)C2CNCCO2)o1. The lowest BCUT2D eigenvalue weighted by Crippen LogP contribution is -2.48. The van der Waals surface area contributed by atoms with Crippen molar-refractivity contribution in [3.05, 3.63) is 23.7 Å². The zero-order chi connectivity index (χ0) is 12.1. The van der Waals surface area contributed by atoms with Gasteiger partial charge in [-0.1, -0.05) is 0 Å². The number of morpholine rings is 1. The molecule has 0 radical (unpaired) electrons. The zero-order valence-corrected chi connectivity index (χ0v) is 9.99. The molecular formula is C12H18N2O3. The summed E-state index contributed by atoms with van der Waals surface area (Å²) in [6, 6.07) is 3.85. The highest BCUT2D eigenvalue weighted by Gasteiger charge is 2.20. The summed E-state index contributed by atoms with van der Waals surface area (Å²) < 4.78 is 10.8. The zero-order valence-electron chi connectivity index (χ0n) is 9.99. The Kier molecular flexibility index (Phi) is 4.17. The van der Waals surface area contributed by atoms with Gasteiger partial charge in [0.15, 0.2) is 0 Å². The molecule has 0 aliphatic carbocycles. The number of aryl methyl sites for hydroxylation is 1. The van der Waals surface area contributed by atoms with E-state index in [-0.39, 0.29) is 12.0 Å². The summed E-state index contributed by atoms with van der Waals surface area (Å²) in [6.07, 6.45) is 0.349. The highest BCUT2D eigenvalue weighted by Crippen LogP contribution is 2.06. The van der Waals surface area contributed by atoms with Gasteiger partial charge in [-0.2, -0.15) is 0 Å². The molecule has 1 amide bonds. The average Bonchev–Trinajstić information content (AvgIpc) is 2.76. The molecule has 94 valence electrons. The molecule has 1 aromatic heterocycles. The van der Waals surface area contributed by atoms with E-state index in [0.717, 1.165) is 18.1 Å². The molecule has 2 heterocycles. The second kappa shape index (κ2) is 5.84. The number of furan rings is 1. The van der Waals surface area contributed by atoms with Crippen LogP contribution in [0.15, 0.2) is 16.5 Å². The van der Waals surface area contributed by atoms with Crippen molar-refractivity contribution in [2.45, 2.75) is 19.4 Å². The van der Waals surface area contributed by atoms with Crippen LogP contribution < -0.4 is 10.6 Å². The van der Waals surface area contributed by atoms with E-state index in [2.05, 4.69) is 10.6 Å². The van der Waals surface area contributed by atoms with Crippen molar-refractivity contribution >= 4 is 5.91 Å². The highest BCUT2D eigenvalue weighted by atomic mass is 16.5. The molecule has 1 atom stereocenters. The van der Waals surface area contributed by atoms with Crippen molar-refractivity contribution in [3.8, 4) is 0 Å². The van der Waals surface area contributed by atoms with Crippen molar-refractivity contribution < 1.29 is 13.9 Å². The minimum atomic E-state index is -0.359. The molecule has 1 aromatic rings. The van der Waals surface area contributed by atoms with Crippen molar-refractivity contribution in [2.75, 3.05) is 26.2 Å². The quantitative estimate of drug-likeness (QED) is 0.788. The minimum absolute atomic E-state index is 0.0551. The van der Waals surface area contributed by atoms with Crippen LogP contribution in [0.4, 0.5) is 0 Å². The third-order valence-corrected chi connectivity index (χ3v) is 2.69. The fourth-order valence-corrected chi connectivity index (χ4v) is 1.78. The van der Waals surface area contributed by atoms with Gasteiger partial charge in [-0.25, -0.2) is 0 Å². The van der Waals surface area contributed by atoms with Crippen LogP contribution in [0.1, 0.15) is 11.5 Å². The number of hydrogen-bond acceptors (Lipinski definition) is 4. The van der Waals surface area contributed by atoms with Gasteiger partial charge in [-0.15, -0.1) is 0 Å². The van der Waals surface area contributed by atoms with Crippen LogP contribution in [-0.4, -0.2) is 38.3 Å². The summed E-state index contributed by atoms with van der Waals surface area (Å²) in [5, 5.41) is 5.97. The van der Waals surface area contributed by atoms with Gasteiger partial charge in [-0.3, -0.25) is 4.79 Å². The lowest BCUT2D eigenvalue weighted by Gasteiger charge is -2.22. The summed E-state index contributed by atoms with van der Waals surface area (Å²) in [5.74, 6) is 1.73. The lowest BCUT2D eigenvalue weighted by molar-refractivity contribution is -0.134. The molecule has 1 unspecified atom stereocenters. The Morgan fingerprint density at radius 1 is 1.59 bits per heavy atom. The van der Waals surface area contributed by atoms with Crippen molar-refractivity contribution in [2.24, 2.45) is 0 Å². The van der Waals surface area contributed by atoms with E-state index < -0.39 is 0 Å². The molecule has 5 heteroatoms. The number of hydrogen-bond donors (Lipinski definition) is 2. The summed E-state index contributed by atoms with van der Waals surface area (Å²) in [7, 11) is 0. The first-order valence-corrected chi connectivity index (χ1v) is 5.91. The molecule has 1 aliphatic heterocycles. The van der Waals surface area contributed by atoms with E-state index in [1.165, 1.54) is 0 Å². The predicted octanol–water partition coefficient (Wildman–Crippen LogP) is 0.235. The number of carbonyl (C=O) groups is 1. The van der Waals surface area contributed by atoms with Gasteiger partial charge in [0.05, 0.1) is 6.61 Å². The average molecular weight is 238 g/mol. The first-order chi connectivity index (χ1) is 8.25. The Hall–Kier alpha value is -1.33. The van der Waals surface area contributed by atoms with Gasteiger partial charge >= 0.3 is 0 Å². The molecule has 2 rings (SSSR count). The molecule has 5 nitrogen and oxygen atoms in total. The van der Waals surface area contributed by atoms with Crippen LogP contribution in [0, 0.1) is 6.92 Å². The maximum atomic E-state index is 11.7. The second-order valence-electron chi connectivity index (χ2n) is 4.12. The topological polar surface area (TPSA) is 63.5 Å². The van der Waals surface area contributed by atoms with Crippen LogP contribution in [0.25, 0.3) is 0 Å². The number of nitrogens with one attached hydrogen (secondary N) is 2. The molecule has 0 spiro atoms. The van der Waals surface area contributed by atoms with Crippen LogP contribution >= 0.6 is 0 Å². The molecule has 1 aliphatic rings. The van der Waals surface area contributed by atoms with E-state index in [4.69, 9.17) is 9.15 Å². The summed E-state index contributed by atoms with van der Waals surface area (Å²) in [4.78, 5) is 11.7. The largest absolute Gasteiger partial charge is 0.466 e. The van der Waals surface area contributed by atoms with Crippen molar-refractivity contribution in [1.82, 2.24) is 10.6 Å². The van der Waals surface area contributed by atoms with Crippen LogP contribution in [0.5, 0.6) is 0 Å². The first kappa shape index (κ1) is 12.1. The van der Waals surface area contributed by atoms with Crippen LogP contribution in [0.2, 0.25) is 0 Å². The van der Waals surface area contributed by atoms with Gasteiger partial charge in [0.25, 0.3) is 0 Å². The van der Waals surface area contributed by atoms with E-state index in [1.807, 2.05) is 19.1 Å². The number of carbonyl (C=O) groups excluding carboxylic acids is 1. The second-order valence-corrected chi connectivity index (χ2v) is 4.12. The number of amides is 1. The predicted molar refractivity (Wildman–Crippen MR) is 62.8 cm³/mol. The molecule has 2 N–H and O–H groups in total. The smallest absolute Gasteiger partial charge is 0.250 e. The number of ether oxygens (including phenoxy) is 1. The molecule has 0 aromatic carbocycles. The monoisotopic (exact) mass is 238 g/mol.